The molecular weight excluding hydrogens is 577 g/mol. The molecule has 3 aromatic rings. The van der Waals surface area contributed by atoms with Gasteiger partial charge in [0.15, 0.2) is 17.2 Å². The Balaban J connectivity index is 1.24. The normalized spacial score (nSPS) is 24.3. The summed E-state index contributed by atoms with van der Waals surface area (Å²) in [5.74, 6) is 0.631. The molecule has 0 aliphatic carbocycles. The van der Waals surface area contributed by atoms with Gasteiger partial charge in [0.25, 0.3) is 5.91 Å². The highest BCUT2D eigenvalue weighted by atomic mass is 19.1. The first-order valence-corrected chi connectivity index (χ1v) is 15.3. The summed E-state index contributed by atoms with van der Waals surface area (Å²) in [5, 5.41) is 26.5. The van der Waals surface area contributed by atoms with Gasteiger partial charge in [0.2, 0.25) is 5.84 Å². The number of nitrogens with one attached hydrogen (secondary N) is 3. The Hall–Kier alpha value is -4.78. The van der Waals surface area contributed by atoms with Crippen LogP contribution in [0.25, 0.3) is 16.9 Å². The Morgan fingerprint density at radius 2 is 2.00 bits per heavy atom. The predicted octanol–water partition coefficient (Wildman–Crippen LogP) is 3.22. The average molecular weight is 614 g/mol. The van der Waals surface area contributed by atoms with E-state index in [1.807, 2.05) is 29.3 Å². The second-order valence-corrected chi connectivity index (χ2v) is 11.9. The first kappa shape index (κ1) is 29.0. The van der Waals surface area contributed by atoms with E-state index in [-0.39, 0.29) is 35.5 Å². The van der Waals surface area contributed by atoms with Crippen molar-refractivity contribution in [2.75, 3.05) is 32.6 Å². The van der Waals surface area contributed by atoms with Crippen molar-refractivity contribution in [2.24, 2.45) is 10.1 Å². The van der Waals surface area contributed by atoms with Crippen molar-refractivity contribution in [1.29, 1.82) is 0 Å². The summed E-state index contributed by atoms with van der Waals surface area (Å²) < 4.78 is 21.2. The van der Waals surface area contributed by atoms with Crippen LogP contribution in [0, 0.1) is 5.82 Å². The number of benzene rings is 1. The molecule has 12 nitrogen and oxygen atoms in total. The Kier molecular flexibility index (Phi) is 7.48. The van der Waals surface area contributed by atoms with Crippen LogP contribution >= 0.6 is 0 Å². The fraction of sp³-hybridized carbons (Fsp3) is 0.406. The second kappa shape index (κ2) is 11.6. The average Bonchev–Trinajstić information content (AvgIpc) is 3.60. The van der Waals surface area contributed by atoms with Crippen molar-refractivity contribution in [3.05, 3.63) is 64.7 Å². The molecule has 2 saturated heterocycles. The van der Waals surface area contributed by atoms with Gasteiger partial charge in [-0.05, 0) is 62.0 Å². The molecule has 1 aromatic carbocycles. The maximum atomic E-state index is 14.4. The molecule has 2 bridgehead atoms. The number of aliphatic hydroxyl groups is 1. The third kappa shape index (κ3) is 4.91. The number of hydrogen-bond donors (Lipinski definition) is 4. The van der Waals surface area contributed by atoms with E-state index in [1.54, 1.807) is 17.6 Å². The van der Waals surface area contributed by atoms with Crippen LogP contribution in [0.1, 0.15) is 66.5 Å². The Morgan fingerprint density at radius 3 is 2.67 bits per heavy atom. The minimum atomic E-state index is -0.661. The number of ether oxygens (including phenoxy) is 1. The molecule has 0 spiro atoms. The van der Waals surface area contributed by atoms with Crippen LogP contribution in [0.4, 0.5) is 10.2 Å². The number of hydrogen-bond acceptors (Lipinski definition) is 9. The summed E-state index contributed by atoms with van der Waals surface area (Å²) >= 11 is 0. The van der Waals surface area contributed by atoms with Gasteiger partial charge in [0.1, 0.15) is 5.82 Å². The van der Waals surface area contributed by atoms with Gasteiger partial charge in [0.05, 0.1) is 25.1 Å². The summed E-state index contributed by atoms with van der Waals surface area (Å²) in [5.41, 5.74) is 8.41. The number of methoxy groups -OCH3 is 1. The number of allylic oxidation sites excluding steroid dienone is 2. The van der Waals surface area contributed by atoms with Crippen LogP contribution in [-0.4, -0.2) is 82.4 Å². The van der Waals surface area contributed by atoms with Gasteiger partial charge < -0.3 is 25.4 Å². The van der Waals surface area contributed by atoms with E-state index in [4.69, 9.17) is 14.8 Å². The van der Waals surface area contributed by atoms with Crippen molar-refractivity contribution in [3.63, 3.8) is 0 Å². The molecule has 2 fully saturated rings. The van der Waals surface area contributed by atoms with Crippen LogP contribution in [0.3, 0.4) is 0 Å². The lowest BCUT2D eigenvalue weighted by Gasteiger charge is -2.40. The monoisotopic (exact) mass is 613 g/mol. The molecule has 3 unspecified atom stereocenters. The van der Waals surface area contributed by atoms with Gasteiger partial charge in [-0.25, -0.2) is 9.37 Å². The minimum Gasteiger partial charge on any atom is -0.494 e. The zero-order valence-electron chi connectivity index (χ0n) is 25.3. The number of piperidine rings is 1. The maximum absolute atomic E-state index is 14.4. The van der Waals surface area contributed by atoms with E-state index in [0.717, 1.165) is 65.2 Å². The molecule has 4 aliphatic heterocycles. The van der Waals surface area contributed by atoms with E-state index >= 15 is 0 Å². The molecule has 4 aliphatic rings. The van der Waals surface area contributed by atoms with Crippen LogP contribution in [0.5, 0.6) is 5.75 Å². The van der Waals surface area contributed by atoms with Crippen LogP contribution in [-0.2, 0) is 4.79 Å². The number of anilines is 1. The minimum absolute atomic E-state index is 0.0352. The van der Waals surface area contributed by atoms with Gasteiger partial charge in [0, 0.05) is 67.2 Å². The summed E-state index contributed by atoms with van der Waals surface area (Å²) in [6.45, 7) is 4.56. The van der Waals surface area contributed by atoms with E-state index in [0.29, 0.717) is 25.2 Å². The molecule has 3 atom stereocenters. The van der Waals surface area contributed by atoms with E-state index in [2.05, 4.69) is 32.9 Å². The van der Waals surface area contributed by atoms with Crippen LogP contribution < -0.4 is 20.8 Å². The lowest BCUT2D eigenvalue weighted by molar-refractivity contribution is -0.128. The molecule has 7 rings (SSSR count). The van der Waals surface area contributed by atoms with E-state index in [1.165, 1.54) is 13.2 Å². The predicted molar refractivity (Wildman–Crippen MR) is 170 cm³/mol. The summed E-state index contributed by atoms with van der Waals surface area (Å²) in [7, 11) is 3.01. The first-order valence-electron chi connectivity index (χ1n) is 15.3. The molecule has 4 N–H and O–H groups in total. The summed E-state index contributed by atoms with van der Waals surface area (Å²) in [6, 6.07) is 4.96. The maximum Gasteiger partial charge on any atom is 0.291 e. The highest BCUT2D eigenvalue weighted by molar-refractivity contribution is 6.37. The van der Waals surface area contributed by atoms with Gasteiger partial charge in [-0.1, -0.05) is 6.08 Å². The number of aromatic nitrogens is 3. The Bertz CT molecular complexity index is 1770. The number of rotatable bonds is 5. The number of carbonyl (C=O) groups excluding carboxylic acids is 1. The van der Waals surface area contributed by atoms with Crippen LogP contribution in [0.2, 0.25) is 0 Å². The number of aliphatic hydroxyl groups excluding tert-OH is 1. The highest BCUT2D eigenvalue weighted by Gasteiger charge is 2.46. The van der Waals surface area contributed by atoms with Gasteiger partial charge in [-0.15, -0.1) is 0 Å². The molecular formula is C32H36FN9O3. The number of hydrazone groups is 1. The zero-order chi connectivity index (χ0) is 31.2. The smallest absolute Gasteiger partial charge is 0.291 e. The fourth-order valence-corrected chi connectivity index (χ4v) is 7.36. The lowest BCUT2D eigenvalue weighted by Crippen LogP contribution is -2.51. The van der Waals surface area contributed by atoms with Crippen molar-refractivity contribution >= 4 is 41.2 Å². The molecule has 234 valence electrons. The number of fused-ring (bicyclic) bond motifs is 5. The van der Waals surface area contributed by atoms with Crippen molar-refractivity contribution < 1.29 is 19.0 Å². The Labute approximate surface area is 259 Å². The molecule has 45 heavy (non-hydrogen) atoms. The molecule has 6 heterocycles. The fourth-order valence-electron chi connectivity index (χ4n) is 7.36. The third-order valence-corrected chi connectivity index (χ3v) is 9.45. The van der Waals surface area contributed by atoms with Crippen molar-refractivity contribution in [2.45, 2.75) is 56.2 Å². The summed E-state index contributed by atoms with van der Waals surface area (Å²) in [4.78, 5) is 24.6. The largest absolute Gasteiger partial charge is 0.494 e. The molecule has 0 radical (unpaired) electrons. The number of halogens is 1. The zero-order valence-corrected chi connectivity index (χ0v) is 25.3. The van der Waals surface area contributed by atoms with Gasteiger partial charge in [-0.2, -0.15) is 14.7 Å². The molecule has 1 amide bonds. The summed E-state index contributed by atoms with van der Waals surface area (Å²) in [6.07, 6.45) is 8.95. The quantitative estimate of drug-likeness (QED) is 0.195. The number of nitrogens with zero attached hydrogens (tertiary/aromatic N) is 6. The number of dihydropyridines is 1. The van der Waals surface area contributed by atoms with Gasteiger partial charge >= 0.3 is 0 Å². The topological polar surface area (TPSA) is 141 Å². The second-order valence-electron chi connectivity index (χ2n) is 11.9. The molecule has 0 saturated carbocycles. The number of amides is 1. The SMILES string of the molecule is C=NNC(=NC)C(=O)N1C2CCC1CC(c1nc3c(C4=CC=C(c5ccc(OC)c(F)c5)NC4)cnn3c3c1C(O)CCN3)C2. The highest BCUT2D eigenvalue weighted by Crippen LogP contribution is 2.46. The molecule has 2 aromatic heterocycles. The van der Waals surface area contributed by atoms with E-state index < -0.39 is 11.9 Å². The van der Waals surface area contributed by atoms with Gasteiger partial charge in [-0.3, -0.25) is 15.2 Å². The van der Waals surface area contributed by atoms with E-state index in [9.17, 15) is 14.3 Å². The Morgan fingerprint density at radius 1 is 1.20 bits per heavy atom. The van der Waals surface area contributed by atoms with Crippen LogP contribution in [0.15, 0.2) is 46.6 Å². The number of carbonyl (C=O) groups is 1. The molecule has 13 heteroatoms. The first-order chi connectivity index (χ1) is 21.9. The number of aliphatic imine (C=N–C) groups is 1. The van der Waals surface area contributed by atoms with Crippen molar-refractivity contribution in [3.8, 4) is 5.75 Å². The van der Waals surface area contributed by atoms with Crippen molar-refractivity contribution in [1.82, 2.24) is 30.2 Å². The standard InChI is InChI=1S/C32H36FN9O3/c1-34-29(40-35-2)32(44)41-20-6-7-21(41)13-19(12-20)28-27-25(43)10-11-36-31(27)42-30(39-28)22(16-38-42)18-4-8-24(37-15-18)17-5-9-26(45-3)23(33)14-17/h4-5,8-9,14,16,19-21,25,36-37,43H,2,6-7,10-13,15H2,1,3H3,(H,34,40). The lowest BCUT2D eigenvalue weighted by atomic mass is 9.84. The number of amidine groups is 1. The third-order valence-electron chi connectivity index (χ3n) is 9.45.